The molecule has 0 saturated heterocycles. The van der Waals surface area contributed by atoms with E-state index in [0.29, 0.717) is 5.16 Å². The molecule has 5 heavy (non-hydrogen) atoms. The fourth-order valence-corrected chi connectivity index (χ4v) is 0. The lowest BCUT2D eigenvalue weighted by Crippen LogP contribution is -1.97. The van der Waals surface area contributed by atoms with E-state index in [2.05, 4.69) is 30.0 Å². The maximum atomic E-state index is 3.42. The molecule has 0 aromatic heterocycles. The van der Waals surface area contributed by atoms with Crippen LogP contribution in [-0.2, 0) is 0 Å². The van der Waals surface area contributed by atoms with Crippen molar-refractivity contribution in [3.8, 4) is 0 Å². The fraction of sp³-hybridized carbons (Fsp3) is 1.00. The molecule has 0 aromatic rings. The average Bonchev–Trinajstić information content (AvgIpc) is 0.722. The van der Waals surface area contributed by atoms with Gasteiger partial charge in [-0.1, -0.05) is 20.8 Å². The third-order valence-electron chi connectivity index (χ3n) is 0. The van der Waals surface area contributed by atoms with Crippen LogP contribution in [0.5, 0.6) is 0 Å². The van der Waals surface area contributed by atoms with Crippen LogP contribution in [-0.4, -0.2) is 5.16 Å². The van der Waals surface area contributed by atoms with Crippen molar-refractivity contribution in [2.75, 3.05) is 0 Å². The van der Waals surface area contributed by atoms with Gasteiger partial charge in [-0.3, -0.25) is 0 Å². The maximum Gasteiger partial charge on any atom is -0.0867 e. The second kappa shape index (κ2) is 1.26. The van der Waals surface area contributed by atoms with Gasteiger partial charge in [-0.2, -0.15) is 5.16 Å². The molecule has 0 saturated carbocycles. The summed E-state index contributed by atoms with van der Waals surface area (Å²) in [6.07, 6.45) is 0. The summed E-state index contributed by atoms with van der Waals surface area (Å²) in [7, 11) is 3.42. The first-order chi connectivity index (χ1) is 2.00. The highest BCUT2D eigenvalue weighted by molar-refractivity contribution is 7.18. The molecule has 0 aromatic carbocycles. The van der Waals surface area contributed by atoms with Gasteiger partial charge < -0.3 is 9.24 Å². The summed E-state index contributed by atoms with van der Waals surface area (Å²) in [6.45, 7) is 6.30. The Kier molecular flexibility index (Phi) is 1.37. The number of hydrogen-bond donors (Lipinski definition) is 0. The lowest BCUT2D eigenvalue weighted by molar-refractivity contribution is 0.804. The molecule has 1 heteroatoms. The monoisotopic (exact) mass is 89.1 g/mol. The van der Waals surface area contributed by atoms with Crippen molar-refractivity contribution in [2.24, 2.45) is 0 Å². The lowest BCUT2D eigenvalue weighted by atomic mass is 10.3. The van der Waals surface area contributed by atoms with Gasteiger partial charge in [0, 0.05) is 0 Å². The predicted octanol–water partition coefficient (Wildman–Crippen LogP) is 1.93. The molecular weight excluding hydrogens is 79.0 g/mol. The van der Waals surface area contributed by atoms with Gasteiger partial charge >= 0.3 is 0 Å². The van der Waals surface area contributed by atoms with Crippen LogP contribution < -0.4 is 0 Å². The van der Waals surface area contributed by atoms with E-state index < -0.39 is 0 Å². The molecule has 0 atom stereocenters. The summed E-state index contributed by atoms with van der Waals surface area (Å²) in [5.74, 6) is 0. The Bertz CT molecular complexity index is 19.1. The highest BCUT2D eigenvalue weighted by Crippen LogP contribution is 2.12. The highest BCUT2D eigenvalue weighted by atomic mass is 31.0. The summed E-state index contributed by atoms with van der Waals surface area (Å²) in [4.78, 5) is 0. The largest absolute Gasteiger partial charge is 0.552 e. The molecule has 0 bridgehead atoms. The van der Waals surface area contributed by atoms with Gasteiger partial charge in [-0.15, -0.1) is 0 Å². The standard InChI is InChI=1S/C4H10P/c1-4(2,3)5/h5H,1-3H3/q-1. The normalized spacial score (nSPS) is 12.0. The van der Waals surface area contributed by atoms with Gasteiger partial charge in [0.15, 0.2) is 0 Å². The zero-order valence-electron chi connectivity index (χ0n) is 4.00. The van der Waals surface area contributed by atoms with Crippen LogP contribution >= 0.6 is 9.24 Å². The van der Waals surface area contributed by atoms with Crippen molar-refractivity contribution in [3.05, 3.63) is 0 Å². The molecule has 0 unspecified atom stereocenters. The summed E-state index contributed by atoms with van der Waals surface area (Å²) in [5, 5.41) is 0.306. The predicted molar refractivity (Wildman–Crippen MR) is 28.1 cm³/mol. The Morgan fingerprint density at radius 3 is 1.20 bits per heavy atom. The second-order valence-electron chi connectivity index (χ2n) is 2.25. The molecule has 0 aliphatic carbocycles. The Morgan fingerprint density at radius 2 is 1.20 bits per heavy atom. The molecule has 0 amide bonds. The molecule has 0 aliphatic rings. The topological polar surface area (TPSA) is 0 Å². The summed E-state index contributed by atoms with van der Waals surface area (Å²) < 4.78 is 0. The minimum atomic E-state index is 0.306. The van der Waals surface area contributed by atoms with E-state index in [1.807, 2.05) is 0 Å². The van der Waals surface area contributed by atoms with Crippen LogP contribution in [0.3, 0.4) is 0 Å². The van der Waals surface area contributed by atoms with Crippen LogP contribution in [0.15, 0.2) is 0 Å². The molecule has 0 aliphatic heterocycles. The molecule has 0 heterocycles. The van der Waals surface area contributed by atoms with Gasteiger partial charge in [0.2, 0.25) is 0 Å². The quantitative estimate of drug-likeness (QED) is 0.398. The van der Waals surface area contributed by atoms with Crippen LogP contribution in [0.1, 0.15) is 20.8 Å². The van der Waals surface area contributed by atoms with Gasteiger partial charge in [-0.05, 0) is 0 Å². The van der Waals surface area contributed by atoms with E-state index in [4.69, 9.17) is 0 Å². The number of hydrogen-bond acceptors (Lipinski definition) is 0. The highest BCUT2D eigenvalue weighted by Gasteiger charge is 1.82. The molecule has 0 radical (unpaired) electrons. The molecule has 0 fully saturated rings. The Morgan fingerprint density at radius 1 is 1.20 bits per heavy atom. The van der Waals surface area contributed by atoms with Gasteiger partial charge in [0.25, 0.3) is 0 Å². The third-order valence-corrected chi connectivity index (χ3v) is 0. The Labute approximate surface area is 36.2 Å². The van der Waals surface area contributed by atoms with Crippen molar-refractivity contribution in [3.63, 3.8) is 0 Å². The van der Waals surface area contributed by atoms with Gasteiger partial charge in [-0.25, -0.2) is 0 Å². The summed E-state index contributed by atoms with van der Waals surface area (Å²) in [5.41, 5.74) is 0. The van der Waals surface area contributed by atoms with E-state index in [1.165, 1.54) is 0 Å². The van der Waals surface area contributed by atoms with Gasteiger partial charge in [0.05, 0.1) is 0 Å². The van der Waals surface area contributed by atoms with Crippen LogP contribution in [0, 0.1) is 0 Å². The average molecular weight is 89.1 g/mol. The van der Waals surface area contributed by atoms with E-state index >= 15 is 0 Å². The Balaban J connectivity index is 3.02. The minimum absolute atomic E-state index is 0.306. The zero-order chi connectivity index (χ0) is 4.50. The molecule has 0 nitrogen and oxygen atoms in total. The van der Waals surface area contributed by atoms with Crippen molar-refractivity contribution in [2.45, 2.75) is 25.9 Å². The molecule has 32 valence electrons. The van der Waals surface area contributed by atoms with Crippen molar-refractivity contribution in [1.82, 2.24) is 0 Å². The van der Waals surface area contributed by atoms with Gasteiger partial charge in [0.1, 0.15) is 0 Å². The smallest absolute Gasteiger partial charge is 0.0867 e. The van der Waals surface area contributed by atoms with Crippen LogP contribution in [0.2, 0.25) is 0 Å². The first-order valence-electron chi connectivity index (χ1n) is 1.75. The van der Waals surface area contributed by atoms with Crippen molar-refractivity contribution in [1.29, 1.82) is 0 Å². The van der Waals surface area contributed by atoms with E-state index in [0.717, 1.165) is 0 Å². The van der Waals surface area contributed by atoms with E-state index in [-0.39, 0.29) is 0 Å². The fourth-order valence-electron chi connectivity index (χ4n) is 0. The van der Waals surface area contributed by atoms with Crippen LogP contribution in [0.4, 0.5) is 0 Å². The summed E-state index contributed by atoms with van der Waals surface area (Å²) >= 11 is 0. The summed E-state index contributed by atoms with van der Waals surface area (Å²) in [6, 6.07) is 0. The van der Waals surface area contributed by atoms with Crippen LogP contribution in [0.25, 0.3) is 0 Å². The molecule has 0 N–H and O–H groups in total. The molecular formula is C4H10P-. The second-order valence-corrected chi connectivity index (χ2v) is 3.75. The first-order valence-corrected chi connectivity index (χ1v) is 2.25. The van der Waals surface area contributed by atoms with E-state index in [9.17, 15) is 0 Å². The lowest BCUT2D eigenvalue weighted by Gasteiger charge is -2.20. The van der Waals surface area contributed by atoms with Crippen molar-refractivity contribution < 1.29 is 0 Å². The maximum absolute atomic E-state index is 3.42. The first kappa shape index (κ1) is 5.43. The van der Waals surface area contributed by atoms with Crippen molar-refractivity contribution >= 4 is 9.24 Å². The SMILES string of the molecule is CC(C)(C)[PH-]. The third kappa shape index (κ3) is 141. The molecule has 0 rings (SSSR count). The minimum Gasteiger partial charge on any atom is -0.552 e. The Hall–Kier alpha value is 0.430. The molecule has 0 spiro atoms. The number of rotatable bonds is 0. The zero-order valence-corrected chi connectivity index (χ0v) is 5.00. The van der Waals surface area contributed by atoms with E-state index in [1.54, 1.807) is 0 Å².